The van der Waals surface area contributed by atoms with Crippen molar-refractivity contribution in [2.24, 2.45) is 7.05 Å². The van der Waals surface area contributed by atoms with E-state index in [1.165, 1.54) is 16.5 Å². The SMILES string of the molecule is Cn1cc(CCCC(=O)NCc2nc3ccccc3[nH]2)c2ccccc21. The summed E-state index contributed by atoms with van der Waals surface area (Å²) in [5.74, 6) is 0.847. The smallest absolute Gasteiger partial charge is 0.220 e. The zero-order valence-corrected chi connectivity index (χ0v) is 14.8. The van der Waals surface area contributed by atoms with Gasteiger partial charge in [-0.2, -0.15) is 0 Å². The van der Waals surface area contributed by atoms with Gasteiger partial charge in [-0.1, -0.05) is 30.3 Å². The van der Waals surface area contributed by atoms with Crippen LogP contribution < -0.4 is 5.32 Å². The summed E-state index contributed by atoms with van der Waals surface area (Å²) >= 11 is 0. The number of hydrogen-bond acceptors (Lipinski definition) is 2. The van der Waals surface area contributed by atoms with Gasteiger partial charge in [0, 0.05) is 30.6 Å². The monoisotopic (exact) mass is 346 g/mol. The van der Waals surface area contributed by atoms with Crippen LogP contribution in [0, 0.1) is 0 Å². The summed E-state index contributed by atoms with van der Waals surface area (Å²) in [5.41, 5.74) is 4.45. The predicted molar refractivity (Wildman–Crippen MR) is 104 cm³/mol. The Morgan fingerprint density at radius 2 is 1.96 bits per heavy atom. The van der Waals surface area contributed by atoms with Gasteiger partial charge in [-0.15, -0.1) is 0 Å². The fourth-order valence-corrected chi connectivity index (χ4v) is 3.42. The van der Waals surface area contributed by atoms with Crippen LogP contribution in [0.3, 0.4) is 0 Å². The van der Waals surface area contributed by atoms with E-state index in [1.54, 1.807) is 0 Å². The lowest BCUT2D eigenvalue weighted by Crippen LogP contribution is -2.23. The Bertz CT molecular complexity index is 1030. The van der Waals surface area contributed by atoms with Crippen LogP contribution in [0.15, 0.2) is 54.7 Å². The molecule has 2 N–H and O–H groups in total. The van der Waals surface area contributed by atoms with Crippen molar-refractivity contribution in [1.29, 1.82) is 0 Å². The molecule has 0 saturated carbocycles. The first-order chi connectivity index (χ1) is 12.7. The van der Waals surface area contributed by atoms with Crippen LogP contribution in [0.1, 0.15) is 24.2 Å². The molecule has 0 radical (unpaired) electrons. The highest BCUT2D eigenvalue weighted by atomic mass is 16.1. The Morgan fingerprint density at radius 3 is 2.85 bits per heavy atom. The lowest BCUT2D eigenvalue weighted by Gasteiger charge is -2.03. The molecule has 0 saturated heterocycles. The molecule has 0 bridgehead atoms. The summed E-state index contributed by atoms with van der Waals surface area (Å²) < 4.78 is 2.15. The number of nitrogens with zero attached hydrogens (tertiary/aromatic N) is 2. The number of nitrogens with one attached hydrogen (secondary N) is 2. The normalized spacial score (nSPS) is 11.3. The average Bonchev–Trinajstić information content (AvgIpc) is 3.21. The number of rotatable bonds is 6. The molecule has 132 valence electrons. The highest BCUT2D eigenvalue weighted by Gasteiger charge is 2.08. The summed E-state index contributed by atoms with van der Waals surface area (Å²) in [4.78, 5) is 19.8. The number of aromatic amines is 1. The minimum absolute atomic E-state index is 0.0608. The maximum absolute atomic E-state index is 12.1. The van der Waals surface area contributed by atoms with Crippen LogP contribution in [0.2, 0.25) is 0 Å². The first kappa shape index (κ1) is 16.4. The second-order valence-corrected chi connectivity index (χ2v) is 6.61. The van der Waals surface area contributed by atoms with Crippen molar-refractivity contribution in [2.45, 2.75) is 25.8 Å². The van der Waals surface area contributed by atoms with Crippen molar-refractivity contribution in [3.8, 4) is 0 Å². The van der Waals surface area contributed by atoms with E-state index in [0.29, 0.717) is 13.0 Å². The molecule has 1 amide bonds. The van der Waals surface area contributed by atoms with Gasteiger partial charge in [0.05, 0.1) is 17.6 Å². The van der Waals surface area contributed by atoms with Gasteiger partial charge >= 0.3 is 0 Å². The van der Waals surface area contributed by atoms with Gasteiger partial charge in [-0.25, -0.2) is 4.98 Å². The number of aryl methyl sites for hydroxylation is 2. The molecule has 2 aromatic heterocycles. The number of carbonyl (C=O) groups is 1. The first-order valence-corrected chi connectivity index (χ1v) is 8.94. The third-order valence-electron chi connectivity index (χ3n) is 4.72. The quantitative estimate of drug-likeness (QED) is 0.559. The first-order valence-electron chi connectivity index (χ1n) is 8.94. The Balaban J connectivity index is 1.30. The number of aromatic nitrogens is 3. The maximum Gasteiger partial charge on any atom is 0.220 e. The Kier molecular flexibility index (Phi) is 4.44. The molecule has 2 heterocycles. The van der Waals surface area contributed by atoms with Crippen molar-refractivity contribution < 1.29 is 4.79 Å². The molecule has 0 aliphatic carbocycles. The molecular weight excluding hydrogens is 324 g/mol. The zero-order chi connectivity index (χ0) is 17.9. The van der Waals surface area contributed by atoms with Crippen molar-refractivity contribution >= 4 is 27.8 Å². The molecular formula is C21H22N4O. The van der Waals surface area contributed by atoms with Crippen LogP contribution in [-0.4, -0.2) is 20.4 Å². The summed E-state index contributed by atoms with van der Waals surface area (Å²) in [6.07, 6.45) is 4.42. The molecule has 0 atom stereocenters. The van der Waals surface area contributed by atoms with E-state index in [4.69, 9.17) is 0 Å². The largest absolute Gasteiger partial charge is 0.350 e. The number of fused-ring (bicyclic) bond motifs is 2. The predicted octanol–water partition coefficient (Wildman–Crippen LogP) is 3.69. The summed E-state index contributed by atoms with van der Waals surface area (Å²) in [6.45, 7) is 0.432. The number of imidazole rings is 1. The minimum atomic E-state index is 0.0608. The van der Waals surface area contributed by atoms with Crippen LogP contribution in [0.25, 0.3) is 21.9 Å². The molecule has 0 spiro atoms. The van der Waals surface area contributed by atoms with Crippen LogP contribution in [0.5, 0.6) is 0 Å². The highest BCUT2D eigenvalue weighted by molar-refractivity contribution is 5.84. The van der Waals surface area contributed by atoms with Crippen LogP contribution in [-0.2, 0) is 24.8 Å². The molecule has 0 aliphatic rings. The molecule has 0 fully saturated rings. The summed E-state index contributed by atoms with van der Waals surface area (Å²) in [5, 5.41) is 4.23. The molecule has 0 unspecified atom stereocenters. The fourth-order valence-electron chi connectivity index (χ4n) is 3.42. The molecule has 4 rings (SSSR count). The lowest BCUT2D eigenvalue weighted by molar-refractivity contribution is -0.121. The molecule has 5 heteroatoms. The standard InChI is InChI=1S/C21H22N4O/c1-25-14-15(16-8-2-5-11-19(16)25)7-6-12-21(26)22-13-20-23-17-9-3-4-10-18(17)24-20/h2-5,8-11,14H,6-7,12-13H2,1H3,(H,22,26)(H,23,24). The minimum Gasteiger partial charge on any atom is -0.350 e. The Labute approximate surface area is 152 Å². The molecule has 5 nitrogen and oxygen atoms in total. The molecule has 2 aromatic carbocycles. The number of carbonyl (C=O) groups excluding carboxylic acids is 1. The third-order valence-corrected chi connectivity index (χ3v) is 4.72. The van der Waals surface area contributed by atoms with Crippen molar-refractivity contribution in [1.82, 2.24) is 19.9 Å². The average molecular weight is 346 g/mol. The van der Waals surface area contributed by atoms with Crippen molar-refractivity contribution in [3.05, 3.63) is 66.1 Å². The fraction of sp³-hybridized carbons (Fsp3) is 0.238. The van der Waals surface area contributed by atoms with Gasteiger partial charge in [0.25, 0.3) is 0 Å². The van der Waals surface area contributed by atoms with Gasteiger partial charge < -0.3 is 14.9 Å². The van der Waals surface area contributed by atoms with E-state index in [-0.39, 0.29) is 5.91 Å². The van der Waals surface area contributed by atoms with E-state index < -0.39 is 0 Å². The number of H-pyrrole nitrogens is 1. The summed E-state index contributed by atoms with van der Waals surface area (Å²) in [6, 6.07) is 16.3. The van der Waals surface area contributed by atoms with Gasteiger partial charge in [0.15, 0.2) is 0 Å². The van der Waals surface area contributed by atoms with Gasteiger partial charge in [-0.05, 0) is 36.6 Å². The number of hydrogen-bond donors (Lipinski definition) is 2. The van der Waals surface area contributed by atoms with Crippen LogP contribution >= 0.6 is 0 Å². The topological polar surface area (TPSA) is 62.7 Å². The lowest BCUT2D eigenvalue weighted by atomic mass is 10.1. The highest BCUT2D eigenvalue weighted by Crippen LogP contribution is 2.21. The van der Waals surface area contributed by atoms with E-state index >= 15 is 0 Å². The van der Waals surface area contributed by atoms with E-state index in [9.17, 15) is 4.79 Å². The second kappa shape index (κ2) is 7.04. The van der Waals surface area contributed by atoms with E-state index in [1.807, 2.05) is 24.3 Å². The molecule has 0 aliphatic heterocycles. The number of benzene rings is 2. The van der Waals surface area contributed by atoms with Crippen molar-refractivity contribution in [3.63, 3.8) is 0 Å². The van der Waals surface area contributed by atoms with Gasteiger partial charge in [-0.3, -0.25) is 4.79 Å². The van der Waals surface area contributed by atoms with Gasteiger partial charge in [0.2, 0.25) is 5.91 Å². The number of para-hydroxylation sites is 3. The maximum atomic E-state index is 12.1. The third kappa shape index (κ3) is 3.33. The Hall–Kier alpha value is -3.08. The molecule has 26 heavy (non-hydrogen) atoms. The van der Waals surface area contributed by atoms with Crippen LogP contribution in [0.4, 0.5) is 0 Å². The number of amides is 1. The van der Waals surface area contributed by atoms with Gasteiger partial charge in [0.1, 0.15) is 5.82 Å². The zero-order valence-electron chi connectivity index (χ0n) is 14.8. The van der Waals surface area contributed by atoms with E-state index in [0.717, 1.165) is 29.7 Å². The molecule has 4 aromatic rings. The second-order valence-electron chi connectivity index (χ2n) is 6.61. The summed E-state index contributed by atoms with van der Waals surface area (Å²) in [7, 11) is 2.06. The Morgan fingerprint density at radius 1 is 1.15 bits per heavy atom. The van der Waals surface area contributed by atoms with Crippen molar-refractivity contribution in [2.75, 3.05) is 0 Å². The van der Waals surface area contributed by atoms with E-state index in [2.05, 4.69) is 57.4 Å².